The van der Waals surface area contributed by atoms with Crippen molar-refractivity contribution in [3.63, 3.8) is 0 Å². The highest BCUT2D eigenvalue weighted by Gasteiger charge is 2.04. The molecule has 0 saturated carbocycles. The van der Waals surface area contributed by atoms with Gasteiger partial charge in [-0.25, -0.2) is 18.1 Å². The quantitative estimate of drug-likeness (QED) is 0.681. The van der Waals surface area contributed by atoms with Gasteiger partial charge in [-0.1, -0.05) is 12.8 Å². The Bertz CT molecular complexity index is 634. The number of hydrogen-bond donors (Lipinski definition) is 2. The molecule has 0 atom stereocenters. The van der Waals surface area contributed by atoms with Gasteiger partial charge >= 0.3 is 0 Å². The minimum absolute atomic E-state index is 0.522. The first-order valence-corrected chi connectivity index (χ1v) is 9.20. The molecule has 7 nitrogen and oxygen atoms in total. The van der Waals surface area contributed by atoms with E-state index < -0.39 is 10.0 Å². The zero-order valence-electron chi connectivity index (χ0n) is 11.4. The zero-order chi connectivity index (χ0) is 14.4. The monoisotopic (exact) mass is 317 g/mol. The fourth-order valence-corrected chi connectivity index (χ4v) is 3.00. The zero-order valence-corrected chi connectivity index (χ0v) is 13.0. The first kappa shape index (κ1) is 15.2. The number of imidazole rings is 1. The van der Waals surface area contributed by atoms with Gasteiger partial charge in [-0.15, -0.1) is 0 Å². The smallest absolute Gasteiger partial charge is 0.220 e. The molecule has 0 bridgehead atoms. The van der Waals surface area contributed by atoms with Crippen molar-refractivity contribution >= 4 is 32.5 Å². The van der Waals surface area contributed by atoms with Crippen LogP contribution in [-0.2, 0) is 10.0 Å². The first-order valence-electron chi connectivity index (χ1n) is 6.53. The number of rotatable bonds is 9. The highest BCUT2D eigenvalue weighted by atomic mass is 32.2. The summed E-state index contributed by atoms with van der Waals surface area (Å²) >= 11 is 1.37. The predicted molar refractivity (Wildman–Crippen MR) is 80.7 cm³/mol. The maximum absolute atomic E-state index is 10.8. The molecule has 0 fully saturated rings. The fraction of sp³-hybridized carbons (Fsp3) is 0.636. The topological polar surface area (TPSA) is 88.4 Å². The molecule has 0 aliphatic carbocycles. The van der Waals surface area contributed by atoms with Gasteiger partial charge in [0.25, 0.3) is 0 Å². The normalized spacial score (nSPS) is 12.1. The molecular weight excluding hydrogens is 298 g/mol. The maximum Gasteiger partial charge on any atom is 0.220 e. The van der Waals surface area contributed by atoms with Crippen LogP contribution < -0.4 is 10.0 Å². The highest BCUT2D eigenvalue weighted by Crippen LogP contribution is 2.14. The van der Waals surface area contributed by atoms with E-state index in [0.717, 1.165) is 43.1 Å². The third-order valence-electron chi connectivity index (χ3n) is 2.80. The van der Waals surface area contributed by atoms with Crippen LogP contribution in [0.5, 0.6) is 0 Å². The van der Waals surface area contributed by atoms with Crippen LogP contribution in [0.3, 0.4) is 0 Å². The number of fused-ring (bicyclic) bond motifs is 1. The molecule has 0 aromatic carbocycles. The summed E-state index contributed by atoms with van der Waals surface area (Å²) in [7, 11) is -3.04. The number of anilines is 1. The van der Waals surface area contributed by atoms with E-state index in [0.29, 0.717) is 6.54 Å². The fourth-order valence-electron chi connectivity index (χ4n) is 1.83. The van der Waals surface area contributed by atoms with Crippen molar-refractivity contribution in [1.29, 1.82) is 0 Å². The van der Waals surface area contributed by atoms with Crippen LogP contribution in [0, 0.1) is 0 Å². The van der Waals surface area contributed by atoms with Gasteiger partial charge < -0.3 is 5.32 Å². The van der Waals surface area contributed by atoms with Gasteiger partial charge in [-0.05, 0) is 12.8 Å². The molecule has 2 N–H and O–H groups in total. The summed E-state index contributed by atoms with van der Waals surface area (Å²) in [6.45, 7) is 1.38. The second-order valence-electron chi connectivity index (χ2n) is 4.59. The molecular formula is C11H19N5O2S2. The molecule has 0 saturated heterocycles. The number of nitrogens with one attached hydrogen (secondary N) is 2. The predicted octanol–water partition coefficient (Wildman–Crippen LogP) is 1.31. The van der Waals surface area contributed by atoms with E-state index in [4.69, 9.17) is 0 Å². The van der Waals surface area contributed by atoms with Crippen LogP contribution in [0.1, 0.15) is 25.7 Å². The van der Waals surface area contributed by atoms with Gasteiger partial charge in [-0.3, -0.25) is 4.40 Å². The Labute approximate surface area is 122 Å². The van der Waals surface area contributed by atoms with E-state index >= 15 is 0 Å². The summed E-state index contributed by atoms with van der Waals surface area (Å²) in [6.07, 6.45) is 8.81. The van der Waals surface area contributed by atoms with Gasteiger partial charge in [-0.2, -0.15) is 4.37 Å². The molecule has 0 aliphatic heterocycles. The van der Waals surface area contributed by atoms with Crippen LogP contribution in [0.4, 0.5) is 5.95 Å². The van der Waals surface area contributed by atoms with E-state index in [1.807, 2.05) is 10.6 Å². The average molecular weight is 317 g/mol. The third kappa shape index (κ3) is 4.73. The number of nitrogens with zero attached hydrogens (tertiary/aromatic N) is 3. The Balaban J connectivity index is 1.55. The molecule has 20 heavy (non-hydrogen) atoms. The second-order valence-corrected chi connectivity index (χ2v) is 7.16. The number of sulfonamides is 1. The van der Waals surface area contributed by atoms with Gasteiger partial charge in [0.05, 0.1) is 6.26 Å². The summed E-state index contributed by atoms with van der Waals surface area (Å²) in [5.41, 5.74) is 0. The van der Waals surface area contributed by atoms with Crippen LogP contribution >= 0.6 is 11.5 Å². The Hall–Kier alpha value is -1.19. The molecule has 0 radical (unpaired) electrons. The van der Waals surface area contributed by atoms with Gasteiger partial charge in [0.15, 0.2) is 0 Å². The van der Waals surface area contributed by atoms with Gasteiger partial charge in [0.1, 0.15) is 0 Å². The number of hydrogen-bond acceptors (Lipinski definition) is 6. The van der Waals surface area contributed by atoms with E-state index in [1.54, 1.807) is 6.20 Å². The van der Waals surface area contributed by atoms with E-state index in [2.05, 4.69) is 19.4 Å². The van der Waals surface area contributed by atoms with Crippen LogP contribution in [0.15, 0.2) is 12.4 Å². The molecule has 2 aromatic heterocycles. The second kappa shape index (κ2) is 7.00. The Morgan fingerprint density at radius 3 is 2.75 bits per heavy atom. The SMILES string of the molecule is CS(=O)(=O)NCCCCCCNc1nsc2nccn12. The third-order valence-corrected chi connectivity index (χ3v) is 4.26. The molecule has 9 heteroatoms. The Morgan fingerprint density at radius 2 is 2.00 bits per heavy atom. The van der Waals surface area contributed by atoms with Crippen molar-refractivity contribution in [1.82, 2.24) is 18.5 Å². The van der Waals surface area contributed by atoms with Crippen molar-refractivity contribution in [3.8, 4) is 0 Å². The lowest BCUT2D eigenvalue weighted by Gasteiger charge is -2.04. The van der Waals surface area contributed by atoms with Gasteiger partial charge in [0.2, 0.25) is 20.9 Å². The average Bonchev–Trinajstić information content (AvgIpc) is 2.95. The van der Waals surface area contributed by atoms with E-state index in [-0.39, 0.29) is 0 Å². The summed E-state index contributed by atoms with van der Waals surface area (Å²) in [4.78, 5) is 5.05. The molecule has 2 aromatic rings. The Kier molecular flexibility index (Phi) is 5.32. The highest BCUT2D eigenvalue weighted by molar-refractivity contribution is 7.88. The summed E-state index contributed by atoms with van der Waals surface area (Å²) in [5, 5.41) is 3.28. The van der Waals surface area contributed by atoms with Crippen molar-refractivity contribution in [2.24, 2.45) is 0 Å². The summed E-state index contributed by atoms with van der Waals surface area (Å²) in [5.74, 6) is 0.834. The van der Waals surface area contributed by atoms with Crippen molar-refractivity contribution in [2.45, 2.75) is 25.7 Å². The molecule has 2 heterocycles. The van der Waals surface area contributed by atoms with Crippen LogP contribution in [0.25, 0.3) is 4.96 Å². The van der Waals surface area contributed by atoms with Crippen molar-refractivity contribution in [2.75, 3.05) is 24.7 Å². The molecule has 0 spiro atoms. The first-order chi connectivity index (χ1) is 9.56. The lowest BCUT2D eigenvalue weighted by atomic mass is 10.2. The van der Waals surface area contributed by atoms with E-state index in [1.165, 1.54) is 17.8 Å². The van der Waals surface area contributed by atoms with E-state index in [9.17, 15) is 8.42 Å². The maximum atomic E-state index is 10.8. The lowest BCUT2D eigenvalue weighted by molar-refractivity contribution is 0.578. The van der Waals surface area contributed by atoms with Crippen molar-refractivity contribution in [3.05, 3.63) is 12.4 Å². The van der Waals surface area contributed by atoms with Gasteiger partial charge in [0, 0.05) is 37.0 Å². The molecule has 0 aliphatic rings. The number of aromatic nitrogens is 3. The standard InChI is InChI=1S/C11H19N5O2S2/c1-20(17,18)14-7-5-3-2-4-6-12-10-15-19-11-13-8-9-16(10)11/h8-9,14H,2-7H2,1H3,(H,12,15). The van der Waals surface area contributed by atoms with Crippen LogP contribution in [0.2, 0.25) is 0 Å². The van der Waals surface area contributed by atoms with Crippen molar-refractivity contribution < 1.29 is 8.42 Å². The molecule has 0 unspecified atom stereocenters. The Morgan fingerprint density at radius 1 is 1.25 bits per heavy atom. The number of unbranched alkanes of at least 4 members (excludes halogenated alkanes) is 3. The van der Waals surface area contributed by atoms with Crippen LogP contribution in [-0.4, -0.2) is 41.5 Å². The minimum atomic E-state index is -3.04. The molecule has 2 rings (SSSR count). The molecule has 112 valence electrons. The summed E-state index contributed by atoms with van der Waals surface area (Å²) < 4.78 is 30.4. The molecule has 0 amide bonds. The lowest BCUT2D eigenvalue weighted by Crippen LogP contribution is -2.22. The summed E-state index contributed by atoms with van der Waals surface area (Å²) in [6, 6.07) is 0. The largest absolute Gasteiger partial charge is 0.355 e. The minimum Gasteiger partial charge on any atom is -0.355 e.